The average Bonchev–Trinajstić information content (AvgIpc) is 3.01. The van der Waals surface area contributed by atoms with Crippen molar-refractivity contribution in [3.05, 3.63) is 91.0 Å². The van der Waals surface area contributed by atoms with Gasteiger partial charge in [-0.25, -0.2) is 0 Å². The Bertz CT molecular complexity index is 2730. The molecular formula is C30H20N4O11S3. The zero-order chi connectivity index (χ0) is 34.6. The molecule has 6 aromatic rings. The third-order valence-electron chi connectivity index (χ3n) is 7.21. The highest BCUT2D eigenvalue weighted by molar-refractivity contribution is 7.86. The molecule has 18 heteroatoms. The summed E-state index contributed by atoms with van der Waals surface area (Å²) in [6.45, 7) is 0. The lowest BCUT2D eigenvalue weighted by Crippen LogP contribution is -2.01. The smallest absolute Gasteiger partial charge is 0.296 e. The van der Waals surface area contributed by atoms with Crippen LogP contribution < -0.4 is 0 Å². The lowest BCUT2D eigenvalue weighted by Gasteiger charge is -2.12. The fraction of sp³-hybridized carbons (Fsp3) is 0. The molecule has 0 aliphatic rings. The third kappa shape index (κ3) is 6.06. The van der Waals surface area contributed by atoms with E-state index in [1.165, 1.54) is 30.3 Å². The van der Waals surface area contributed by atoms with E-state index < -0.39 is 62.2 Å². The number of aromatic hydroxyl groups is 2. The Kier molecular flexibility index (Phi) is 7.94. The Hall–Kier alpha value is -5.37. The van der Waals surface area contributed by atoms with Gasteiger partial charge >= 0.3 is 0 Å². The van der Waals surface area contributed by atoms with Gasteiger partial charge in [0.2, 0.25) is 0 Å². The topological polar surface area (TPSA) is 253 Å². The standard InChI is InChI=1S/C30H20N4O11S3/c35-24-11-9-16-5-1-2-6-19(16)28(24)33-32-23-15-18(46(37,38)39)13-17-14-26(48(43,44)45)29(30(36)27(17)23)34-31-22-10-12-25(47(40,41)42)21-8-4-3-7-20(21)22/h1-15,35-36H,(H,37,38,39)(H,40,41,42)(H,43,44,45)/b33-32+,34-31+. The quantitative estimate of drug-likeness (QED) is 0.0823. The largest absolute Gasteiger partial charge is 0.506 e. The fourth-order valence-corrected chi connectivity index (χ4v) is 6.97. The average molecular weight is 709 g/mol. The Morgan fingerprint density at radius 3 is 1.75 bits per heavy atom. The molecular weight excluding hydrogens is 689 g/mol. The molecule has 0 amide bonds. The summed E-state index contributed by atoms with van der Waals surface area (Å²) in [4.78, 5) is -2.23. The van der Waals surface area contributed by atoms with Crippen molar-refractivity contribution in [2.45, 2.75) is 14.7 Å². The second-order valence-corrected chi connectivity index (χ2v) is 14.4. The molecule has 0 aromatic heterocycles. The number of hydrogen-bond acceptors (Lipinski definition) is 12. The molecule has 15 nitrogen and oxygen atoms in total. The van der Waals surface area contributed by atoms with Crippen LogP contribution in [0.3, 0.4) is 0 Å². The minimum Gasteiger partial charge on any atom is -0.506 e. The molecule has 0 spiro atoms. The molecule has 0 radical (unpaired) electrons. The molecule has 6 rings (SSSR count). The molecule has 6 aromatic carbocycles. The Labute approximate surface area is 271 Å². The minimum absolute atomic E-state index is 0.0346. The van der Waals surface area contributed by atoms with Crippen LogP contribution in [0.2, 0.25) is 0 Å². The molecule has 0 fully saturated rings. The van der Waals surface area contributed by atoms with Crippen molar-refractivity contribution >= 4 is 85.4 Å². The summed E-state index contributed by atoms with van der Waals surface area (Å²) in [5.74, 6) is -1.26. The summed E-state index contributed by atoms with van der Waals surface area (Å²) in [7, 11) is -14.8. The highest BCUT2D eigenvalue weighted by atomic mass is 32.2. The summed E-state index contributed by atoms with van der Waals surface area (Å²) in [5.41, 5.74) is -1.32. The molecule has 244 valence electrons. The van der Waals surface area contributed by atoms with Gasteiger partial charge in [0, 0.05) is 16.2 Å². The molecule has 0 saturated carbocycles. The summed E-state index contributed by atoms with van der Waals surface area (Å²) in [5, 5.41) is 38.6. The zero-order valence-electron chi connectivity index (χ0n) is 23.9. The number of fused-ring (bicyclic) bond motifs is 3. The number of azo groups is 2. The summed E-state index contributed by atoms with van der Waals surface area (Å²) in [6.07, 6.45) is 0. The van der Waals surface area contributed by atoms with Gasteiger partial charge in [-0.2, -0.15) is 25.3 Å². The predicted molar refractivity (Wildman–Crippen MR) is 173 cm³/mol. The van der Waals surface area contributed by atoms with Gasteiger partial charge in [-0.05, 0) is 47.2 Å². The predicted octanol–water partition coefficient (Wildman–Crippen LogP) is 7.13. The van der Waals surface area contributed by atoms with Crippen LogP contribution in [0.4, 0.5) is 22.7 Å². The van der Waals surface area contributed by atoms with E-state index in [4.69, 9.17) is 0 Å². The Morgan fingerprint density at radius 1 is 0.479 bits per heavy atom. The Morgan fingerprint density at radius 2 is 1.08 bits per heavy atom. The second kappa shape index (κ2) is 11.7. The van der Waals surface area contributed by atoms with E-state index >= 15 is 0 Å². The van der Waals surface area contributed by atoms with Gasteiger partial charge < -0.3 is 10.2 Å². The number of phenolic OH excluding ortho intramolecular Hbond substituents is 2. The van der Waals surface area contributed by atoms with Crippen LogP contribution in [0.5, 0.6) is 11.5 Å². The molecule has 5 N–H and O–H groups in total. The first-order chi connectivity index (χ1) is 22.5. The van der Waals surface area contributed by atoms with Crippen molar-refractivity contribution in [3.8, 4) is 11.5 Å². The number of nitrogens with zero attached hydrogens (tertiary/aromatic N) is 4. The normalized spacial score (nSPS) is 13.0. The van der Waals surface area contributed by atoms with Crippen molar-refractivity contribution in [1.29, 1.82) is 0 Å². The van der Waals surface area contributed by atoms with Gasteiger partial charge in [-0.1, -0.05) is 54.6 Å². The molecule has 48 heavy (non-hydrogen) atoms. The first kappa shape index (κ1) is 32.6. The molecule has 0 aliphatic carbocycles. The SMILES string of the molecule is O=S(=O)(O)c1cc(/N=N/c2c(O)ccc3ccccc23)c2c(O)c(/N=N/c3ccc(S(=O)(=O)O)c4ccccc34)c(S(=O)(=O)O)cc2c1. The van der Waals surface area contributed by atoms with Crippen LogP contribution in [0.15, 0.2) is 126 Å². The number of hydrogen-bond donors (Lipinski definition) is 5. The monoisotopic (exact) mass is 708 g/mol. The lowest BCUT2D eigenvalue weighted by atomic mass is 10.1. The van der Waals surface area contributed by atoms with Gasteiger partial charge in [-0.3, -0.25) is 13.7 Å². The number of phenols is 2. The number of rotatable bonds is 7. The third-order valence-corrected chi connectivity index (χ3v) is 9.82. The maximum Gasteiger partial charge on any atom is 0.296 e. The van der Waals surface area contributed by atoms with Crippen LogP contribution in [0, 0.1) is 0 Å². The highest BCUT2D eigenvalue weighted by Gasteiger charge is 2.26. The zero-order valence-corrected chi connectivity index (χ0v) is 26.3. The minimum atomic E-state index is -5.19. The van der Waals surface area contributed by atoms with E-state index in [-0.39, 0.29) is 38.7 Å². The van der Waals surface area contributed by atoms with Gasteiger partial charge in [0.25, 0.3) is 30.4 Å². The molecule has 0 heterocycles. The van der Waals surface area contributed by atoms with Crippen molar-refractivity contribution in [2.24, 2.45) is 20.5 Å². The van der Waals surface area contributed by atoms with Crippen molar-refractivity contribution in [3.63, 3.8) is 0 Å². The van der Waals surface area contributed by atoms with E-state index in [1.54, 1.807) is 30.3 Å². The molecule has 0 unspecified atom stereocenters. The highest BCUT2D eigenvalue weighted by Crippen LogP contribution is 2.47. The maximum atomic E-state index is 12.5. The van der Waals surface area contributed by atoms with E-state index in [0.717, 1.165) is 30.3 Å². The summed E-state index contributed by atoms with van der Waals surface area (Å²) < 4.78 is 103. The first-order valence-electron chi connectivity index (χ1n) is 13.4. The van der Waals surface area contributed by atoms with E-state index in [9.17, 15) is 49.1 Å². The number of benzene rings is 6. The molecule has 0 atom stereocenters. The molecule has 0 bridgehead atoms. The lowest BCUT2D eigenvalue weighted by molar-refractivity contribution is 0.472. The molecule has 0 aliphatic heterocycles. The molecule has 0 saturated heterocycles. The van der Waals surface area contributed by atoms with E-state index in [2.05, 4.69) is 20.5 Å². The van der Waals surface area contributed by atoms with Gasteiger partial charge in [0.1, 0.15) is 26.9 Å². The van der Waals surface area contributed by atoms with Crippen molar-refractivity contribution in [1.82, 2.24) is 0 Å². The van der Waals surface area contributed by atoms with E-state index in [0.29, 0.717) is 10.8 Å². The van der Waals surface area contributed by atoms with Crippen molar-refractivity contribution < 1.29 is 49.1 Å². The summed E-state index contributed by atoms with van der Waals surface area (Å²) in [6, 6.07) is 20.2. The van der Waals surface area contributed by atoms with Gasteiger partial charge in [-0.15, -0.1) is 20.5 Å². The Balaban J connectivity index is 1.62. The summed E-state index contributed by atoms with van der Waals surface area (Å²) >= 11 is 0. The van der Waals surface area contributed by atoms with Crippen LogP contribution in [0.25, 0.3) is 32.3 Å². The first-order valence-corrected chi connectivity index (χ1v) is 17.7. The van der Waals surface area contributed by atoms with Crippen LogP contribution >= 0.6 is 0 Å². The van der Waals surface area contributed by atoms with Gasteiger partial charge in [0.15, 0.2) is 5.75 Å². The fourth-order valence-electron chi connectivity index (χ4n) is 5.08. The second-order valence-electron chi connectivity index (χ2n) is 10.2. The van der Waals surface area contributed by atoms with Crippen LogP contribution in [0.1, 0.15) is 0 Å². The van der Waals surface area contributed by atoms with Crippen molar-refractivity contribution in [2.75, 3.05) is 0 Å². The van der Waals surface area contributed by atoms with Crippen LogP contribution in [-0.2, 0) is 30.4 Å². The van der Waals surface area contributed by atoms with E-state index in [1.807, 2.05) is 0 Å². The van der Waals surface area contributed by atoms with Crippen LogP contribution in [-0.4, -0.2) is 49.1 Å². The maximum absolute atomic E-state index is 12.5. The van der Waals surface area contributed by atoms with Gasteiger partial charge in [0.05, 0.1) is 21.7 Å².